The van der Waals surface area contributed by atoms with Gasteiger partial charge in [-0.25, -0.2) is 0 Å². The fourth-order valence-corrected chi connectivity index (χ4v) is 10.3. The molecule has 31 heavy (non-hydrogen) atoms. The summed E-state index contributed by atoms with van der Waals surface area (Å²) in [6, 6.07) is 24.3. The molecule has 0 aromatic heterocycles. The second-order valence-corrected chi connectivity index (χ2v) is 14.8. The third-order valence-electron chi connectivity index (χ3n) is 7.63. The summed E-state index contributed by atoms with van der Waals surface area (Å²) >= 11 is 0. The van der Waals surface area contributed by atoms with E-state index in [0.29, 0.717) is 12.3 Å². The van der Waals surface area contributed by atoms with E-state index in [1.165, 1.54) is 42.5 Å². The van der Waals surface area contributed by atoms with E-state index in [1.807, 2.05) is 0 Å². The fraction of sp³-hybridized carbons (Fsp3) is 0.536. The lowest BCUT2D eigenvalue weighted by Crippen LogP contribution is -2.66. The van der Waals surface area contributed by atoms with Crippen LogP contribution in [0.5, 0.6) is 0 Å². The number of hydrogen-bond acceptors (Lipinski definition) is 2. The normalized spacial score (nSPS) is 17.6. The Kier molecular flexibility index (Phi) is 7.78. The molecule has 1 saturated carbocycles. The first kappa shape index (κ1) is 23.8. The smallest absolute Gasteiger partial charge is 0.261 e. The van der Waals surface area contributed by atoms with Gasteiger partial charge in [0, 0.05) is 13.0 Å². The Bertz CT molecular complexity index is 805. The lowest BCUT2D eigenvalue weighted by Gasteiger charge is -2.46. The molecule has 0 amide bonds. The highest BCUT2D eigenvalue weighted by Crippen LogP contribution is 2.47. The molecule has 1 atom stereocenters. The van der Waals surface area contributed by atoms with Crippen LogP contribution in [0.15, 0.2) is 60.7 Å². The van der Waals surface area contributed by atoms with Gasteiger partial charge in [-0.1, -0.05) is 108 Å². The van der Waals surface area contributed by atoms with Crippen LogP contribution in [-0.4, -0.2) is 14.9 Å². The van der Waals surface area contributed by atoms with E-state index in [4.69, 9.17) is 4.43 Å². The molecular formula is C28H39NOSi. The lowest BCUT2D eigenvalue weighted by atomic mass is 9.64. The molecule has 0 heterocycles. The Hall–Kier alpha value is -1.89. The molecular weight excluding hydrogens is 394 g/mol. The minimum absolute atomic E-state index is 0.00764. The average Bonchev–Trinajstić information content (AvgIpc) is 2.78. The van der Waals surface area contributed by atoms with Crippen molar-refractivity contribution >= 4 is 18.7 Å². The van der Waals surface area contributed by atoms with Crippen molar-refractivity contribution in [1.29, 1.82) is 5.26 Å². The molecule has 3 rings (SSSR count). The molecule has 2 aromatic rings. The van der Waals surface area contributed by atoms with Gasteiger partial charge >= 0.3 is 0 Å². The maximum Gasteiger partial charge on any atom is 0.261 e. The van der Waals surface area contributed by atoms with E-state index in [2.05, 4.69) is 94.4 Å². The minimum Gasteiger partial charge on any atom is -0.407 e. The molecule has 1 aliphatic rings. The molecule has 1 aliphatic carbocycles. The van der Waals surface area contributed by atoms with Crippen LogP contribution < -0.4 is 10.4 Å². The van der Waals surface area contributed by atoms with Gasteiger partial charge in [-0.05, 0) is 46.0 Å². The van der Waals surface area contributed by atoms with Crippen LogP contribution in [0.3, 0.4) is 0 Å². The van der Waals surface area contributed by atoms with Crippen molar-refractivity contribution in [2.24, 2.45) is 11.3 Å². The number of hydrogen-bond donors (Lipinski definition) is 0. The molecule has 0 bridgehead atoms. The van der Waals surface area contributed by atoms with Crippen LogP contribution in [0.25, 0.3) is 0 Å². The molecule has 0 aliphatic heterocycles. The molecule has 0 radical (unpaired) electrons. The van der Waals surface area contributed by atoms with Crippen LogP contribution in [0.1, 0.15) is 72.6 Å². The van der Waals surface area contributed by atoms with E-state index in [-0.39, 0.29) is 10.5 Å². The average molecular weight is 434 g/mol. The summed E-state index contributed by atoms with van der Waals surface area (Å²) in [7, 11) is -2.49. The molecule has 2 nitrogen and oxygen atoms in total. The van der Waals surface area contributed by atoms with Gasteiger partial charge in [0.2, 0.25) is 0 Å². The Labute approximate surface area is 190 Å². The molecule has 0 spiro atoms. The third kappa shape index (κ3) is 4.97. The first-order chi connectivity index (χ1) is 14.9. The van der Waals surface area contributed by atoms with Crippen LogP contribution in [0, 0.1) is 22.7 Å². The van der Waals surface area contributed by atoms with Gasteiger partial charge < -0.3 is 4.43 Å². The van der Waals surface area contributed by atoms with Gasteiger partial charge in [-0.3, -0.25) is 0 Å². The highest BCUT2D eigenvalue weighted by Gasteiger charge is 2.50. The summed E-state index contributed by atoms with van der Waals surface area (Å²) in [6.45, 7) is 10.1. The van der Waals surface area contributed by atoms with E-state index in [1.54, 1.807) is 0 Å². The van der Waals surface area contributed by atoms with Crippen molar-refractivity contribution in [2.75, 3.05) is 6.61 Å². The summed E-state index contributed by atoms with van der Waals surface area (Å²) in [5, 5.41) is 12.1. The number of nitrogens with zero attached hydrogens (tertiary/aromatic N) is 1. The monoisotopic (exact) mass is 433 g/mol. The van der Waals surface area contributed by atoms with Crippen molar-refractivity contribution in [3.63, 3.8) is 0 Å². The predicted octanol–water partition coefficient (Wildman–Crippen LogP) is 6.45. The van der Waals surface area contributed by atoms with Crippen LogP contribution in [0.4, 0.5) is 0 Å². The fourth-order valence-electron chi connectivity index (χ4n) is 5.77. The van der Waals surface area contributed by atoms with Crippen LogP contribution >= 0.6 is 0 Å². The first-order valence-electron chi connectivity index (χ1n) is 12.0. The molecule has 1 unspecified atom stereocenters. The second kappa shape index (κ2) is 10.2. The maximum absolute atomic E-state index is 9.37. The van der Waals surface area contributed by atoms with Gasteiger partial charge in [-0.15, -0.1) is 0 Å². The SMILES string of the molecule is CC(CC#N)C1(CCO[Si](c2ccccc2)(c2ccccc2)C(C)(C)C)CCCCC1. The Morgan fingerprint density at radius 2 is 1.45 bits per heavy atom. The maximum atomic E-state index is 9.37. The molecule has 166 valence electrons. The van der Waals surface area contributed by atoms with E-state index in [9.17, 15) is 5.26 Å². The zero-order chi connectivity index (χ0) is 22.4. The topological polar surface area (TPSA) is 33.0 Å². The third-order valence-corrected chi connectivity index (χ3v) is 12.7. The van der Waals surface area contributed by atoms with E-state index >= 15 is 0 Å². The van der Waals surface area contributed by atoms with Crippen LogP contribution in [-0.2, 0) is 4.43 Å². The minimum atomic E-state index is -2.49. The van der Waals surface area contributed by atoms with E-state index < -0.39 is 8.32 Å². The second-order valence-electron chi connectivity index (χ2n) is 10.4. The summed E-state index contributed by atoms with van der Waals surface area (Å²) in [4.78, 5) is 0. The quantitative estimate of drug-likeness (QED) is 0.448. The van der Waals surface area contributed by atoms with Gasteiger partial charge in [0.15, 0.2) is 0 Å². The number of rotatable bonds is 8. The number of nitriles is 1. The molecule has 2 aromatic carbocycles. The van der Waals surface area contributed by atoms with Gasteiger partial charge in [0.05, 0.1) is 6.07 Å². The van der Waals surface area contributed by atoms with Gasteiger partial charge in [-0.2, -0.15) is 5.26 Å². The largest absolute Gasteiger partial charge is 0.407 e. The standard InChI is InChI=1S/C28H39NOSi/c1-24(18-22-29)28(19-12-7-13-20-28)21-23-30-31(27(2,3)4,25-14-8-5-9-15-25)26-16-10-6-11-17-26/h5-6,8-11,14-17,24H,7,12-13,18-21,23H2,1-4H3. The first-order valence-corrected chi connectivity index (χ1v) is 13.9. The van der Waals surface area contributed by atoms with Crippen molar-refractivity contribution in [3.8, 4) is 6.07 Å². The Balaban J connectivity index is 1.95. The zero-order valence-electron chi connectivity index (χ0n) is 19.9. The number of benzene rings is 2. The molecule has 0 saturated heterocycles. The summed E-state index contributed by atoms with van der Waals surface area (Å²) in [6.07, 6.45) is 8.08. The summed E-state index contributed by atoms with van der Waals surface area (Å²) in [5.74, 6) is 0.431. The highest BCUT2D eigenvalue weighted by atomic mass is 28.4. The van der Waals surface area contributed by atoms with Gasteiger partial charge in [0.25, 0.3) is 8.32 Å². The molecule has 3 heteroatoms. The Morgan fingerprint density at radius 1 is 0.935 bits per heavy atom. The van der Waals surface area contributed by atoms with E-state index in [0.717, 1.165) is 13.0 Å². The lowest BCUT2D eigenvalue weighted by molar-refractivity contribution is 0.0737. The Morgan fingerprint density at radius 3 is 1.90 bits per heavy atom. The summed E-state index contributed by atoms with van der Waals surface area (Å²) in [5.41, 5.74) is 0.249. The molecule has 0 N–H and O–H groups in total. The molecule has 1 fully saturated rings. The highest BCUT2D eigenvalue weighted by molar-refractivity contribution is 6.99. The van der Waals surface area contributed by atoms with Gasteiger partial charge in [0.1, 0.15) is 0 Å². The zero-order valence-corrected chi connectivity index (χ0v) is 20.9. The van der Waals surface area contributed by atoms with Crippen molar-refractivity contribution < 1.29 is 4.43 Å². The van der Waals surface area contributed by atoms with Crippen molar-refractivity contribution in [1.82, 2.24) is 0 Å². The van der Waals surface area contributed by atoms with Crippen LogP contribution in [0.2, 0.25) is 5.04 Å². The predicted molar refractivity (Wildman–Crippen MR) is 133 cm³/mol. The summed E-state index contributed by atoms with van der Waals surface area (Å²) < 4.78 is 7.18. The van der Waals surface area contributed by atoms with Crippen molar-refractivity contribution in [3.05, 3.63) is 60.7 Å². The van der Waals surface area contributed by atoms with Crippen molar-refractivity contribution in [2.45, 2.75) is 77.7 Å².